The van der Waals surface area contributed by atoms with Crippen LogP contribution in [-0.2, 0) is 6.54 Å². The molecule has 4 aromatic rings. The highest BCUT2D eigenvalue weighted by Crippen LogP contribution is 2.30. The fourth-order valence-electron chi connectivity index (χ4n) is 4.41. The van der Waals surface area contributed by atoms with Gasteiger partial charge in [-0.2, -0.15) is 0 Å². The summed E-state index contributed by atoms with van der Waals surface area (Å²) in [5.41, 5.74) is 3.32. The Morgan fingerprint density at radius 2 is 1.86 bits per heavy atom. The number of pyridine rings is 2. The van der Waals surface area contributed by atoms with Crippen LogP contribution in [0.3, 0.4) is 0 Å². The second kappa shape index (κ2) is 9.89. The lowest BCUT2D eigenvalue weighted by atomic mass is 10.0. The number of hydrogen-bond acceptors (Lipinski definition) is 6. The molecule has 8 heteroatoms. The summed E-state index contributed by atoms with van der Waals surface area (Å²) in [6, 6.07) is 14.2. The average Bonchev–Trinajstić information content (AvgIpc) is 3.11. The van der Waals surface area contributed by atoms with E-state index in [0.29, 0.717) is 35.8 Å². The zero-order valence-electron chi connectivity index (χ0n) is 19.3. The highest BCUT2D eigenvalue weighted by molar-refractivity contribution is 5.95. The lowest BCUT2D eigenvalue weighted by Gasteiger charge is -2.20. The van der Waals surface area contributed by atoms with Crippen LogP contribution in [0.25, 0.3) is 22.4 Å². The molecule has 8 nitrogen and oxygen atoms in total. The Bertz CT molecular complexity index is 1420. The molecule has 0 bridgehead atoms. The number of aromatic nitrogens is 4. The Balaban J connectivity index is 1.47. The van der Waals surface area contributed by atoms with Crippen molar-refractivity contribution in [3.63, 3.8) is 0 Å². The van der Waals surface area contributed by atoms with E-state index in [4.69, 9.17) is 9.72 Å². The number of nitrogens with one attached hydrogen (secondary N) is 1. The van der Waals surface area contributed by atoms with E-state index in [2.05, 4.69) is 15.3 Å². The minimum Gasteiger partial charge on any atom is -0.496 e. The number of amides is 1. The van der Waals surface area contributed by atoms with Crippen LogP contribution in [0, 0.1) is 0 Å². The third-order valence-electron chi connectivity index (χ3n) is 6.17. The molecule has 0 saturated heterocycles. The van der Waals surface area contributed by atoms with Crippen LogP contribution < -0.4 is 15.6 Å². The van der Waals surface area contributed by atoms with Crippen LogP contribution in [0.4, 0.5) is 0 Å². The van der Waals surface area contributed by atoms with Crippen LogP contribution >= 0.6 is 0 Å². The Morgan fingerprint density at radius 3 is 2.69 bits per heavy atom. The fraction of sp³-hybridized carbons (Fsp3) is 0.222. The largest absolute Gasteiger partial charge is 0.496 e. The highest BCUT2D eigenvalue weighted by atomic mass is 16.5. The summed E-state index contributed by atoms with van der Waals surface area (Å²) in [4.78, 5) is 39.4. The molecule has 1 aromatic carbocycles. The number of nitrogens with zero attached hydrogens (tertiary/aromatic N) is 4. The molecule has 1 unspecified atom stereocenters. The van der Waals surface area contributed by atoms with E-state index in [0.717, 1.165) is 29.5 Å². The third-order valence-corrected chi connectivity index (χ3v) is 6.17. The monoisotopic (exact) mass is 467 g/mol. The molecule has 0 fully saturated rings. The zero-order valence-corrected chi connectivity index (χ0v) is 19.3. The topological polar surface area (TPSA) is 99.0 Å². The van der Waals surface area contributed by atoms with E-state index in [1.807, 2.05) is 36.4 Å². The summed E-state index contributed by atoms with van der Waals surface area (Å²) < 4.78 is 7.13. The number of hydrogen-bond donors (Lipinski definition) is 1. The summed E-state index contributed by atoms with van der Waals surface area (Å²) in [6.07, 6.45) is 8.99. The van der Waals surface area contributed by atoms with Crippen molar-refractivity contribution in [2.45, 2.75) is 31.8 Å². The third kappa shape index (κ3) is 4.68. The van der Waals surface area contributed by atoms with Crippen LogP contribution in [0.15, 0.2) is 78.1 Å². The van der Waals surface area contributed by atoms with E-state index < -0.39 is 6.04 Å². The normalized spacial score (nSPS) is 15.1. The smallest absolute Gasteiger partial charge is 0.254 e. The van der Waals surface area contributed by atoms with Crippen molar-refractivity contribution in [2.24, 2.45) is 0 Å². The van der Waals surface area contributed by atoms with Gasteiger partial charge in [0, 0.05) is 54.1 Å². The second-order valence-corrected chi connectivity index (χ2v) is 8.41. The number of ether oxygens (including phenoxy) is 1. The number of carbonyl (C=O) groups is 1. The van der Waals surface area contributed by atoms with Crippen molar-refractivity contribution in [3.05, 3.63) is 95.1 Å². The quantitative estimate of drug-likeness (QED) is 0.476. The molecule has 1 N–H and O–H groups in total. The van der Waals surface area contributed by atoms with Gasteiger partial charge in [0.05, 0.1) is 24.4 Å². The molecular weight excluding hydrogens is 442 g/mol. The van der Waals surface area contributed by atoms with Crippen molar-refractivity contribution in [1.29, 1.82) is 0 Å². The Hall–Kier alpha value is -4.33. The molecule has 0 saturated carbocycles. The van der Waals surface area contributed by atoms with Crippen LogP contribution in [0.5, 0.6) is 5.75 Å². The Kier molecular flexibility index (Phi) is 6.34. The number of para-hydroxylation sites is 1. The minimum atomic E-state index is -0.394. The molecular formula is C27H25N5O3. The standard InChI is InChI=1S/C27H25N5O3/c1-35-24-8-3-2-6-21(24)19-14-20(17-29-16-19)27(34)31-22-7-4-5-13-32-25(33)15-23(30-26(22)32)18-9-11-28-12-10-18/h2-3,6,8-12,14-17,22H,4-5,7,13H2,1H3,(H,31,34). The fourth-order valence-corrected chi connectivity index (χ4v) is 4.41. The summed E-state index contributed by atoms with van der Waals surface area (Å²) in [5.74, 6) is 1.01. The first-order valence-electron chi connectivity index (χ1n) is 11.6. The van der Waals surface area contributed by atoms with Crippen LogP contribution in [0.2, 0.25) is 0 Å². The van der Waals surface area contributed by atoms with Gasteiger partial charge in [0.2, 0.25) is 0 Å². The number of rotatable bonds is 5. The number of methoxy groups -OCH3 is 1. The average molecular weight is 468 g/mol. The molecule has 176 valence electrons. The van der Waals surface area contributed by atoms with E-state index in [1.165, 1.54) is 0 Å². The van der Waals surface area contributed by atoms with E-state index in [1.54, 1.807) is 48.6 Å². The minimum absolute atomic E-state index is 0.122. The number of benzene rings is 1. The van der Waals surface area contributed by atoms with Crippen LogP contribution in [-0.4, -0.2) is 32.5 Å². The molecule has 1 aliphatic rings. The molecule has 0 spiro atoms. The first kappa shape index (κ1) is 22.5. The van der Waals surface area contributed by atoms with E-state index >= 15 is 0 Å². The van der Waals surface area contributed by atoms with E-state index in [9.17, 15) is 9.59 Å². The van der Waals surface area contributed by atoms with Crippen molar-refractivity contribution in [3.8, 4) is 28.1 Å². The van der Waals surface area contributed by atoms with Gasteiger partial charge in [-0.05, 0) is 43.5 Å². The summed E-state index contributed by atoms with van der Waals surface area (Å²) in [7, 11) is 1.61. The van der Waals surface area contributed by atoms with Gasteiger partial charge >= 0.3 is 0 Å². The molecule has 5 rings (SSSR count). The Morgan fingerprint density at radius 1 is 1.03 bits per heavy atom. The van der Waals surface area contributed by atoms with Gasteiger partial charge in [-0.25, -0.2) is 4.98 Å². The molecule has 0 radical (unpaired) electrons. The highest BCUT2D eigenvalue weighted by Gasteiger charge is 2.25. The van der Waals surface area contributed by atoms with Crippen LogP contribution in [0.1, 0.15) is 41.5 Å². The maximum Gasteiger partial charge on any atom is 0.254 e. The van der Waals surface area contributed by atoms with Gasteiger partial charge in [0.1, 0.15) is 11.6 Å². The second-order valence-electron chi connectivity index (χ2n) is 8.41. The van der Waals surface area contributed by atoms with Crippen molar-refractivity contribution < 1.29 is 9.53 Å². The molecule has 1 amide bonds. The maximum absolute atomic E-state index is 13.3. The SMILES string of the molecule is COc1ccccc1-c1cncc(C(=O)NC2CCCCn3c2nc(-c2ccncc2)cc3=O)c1. The molecule has 1 aliphatic heterocycles. The predicted molar refractivity (Wildman–Crippen MR) is 132 cm³/mol. The molecule has 0 aliphatic carbocycles. The lowest BCUT2D eigenvalue weighted by Crippen LogP contribution is -2.34. The van der Waals surface area contributed by atoms with Crippen molar-refractivity contribution in [2.75, 3.05) is 7.11 Å². The van der Waals surface area contributed by atoms with E-state index in [-0.39, 0.29) is 11.5 Å². The first-order valence-corrected chi connectivity index (χ1v) is 11.6. The molecule has 4 heterocycles. The summed E-state index contributed by atoms with van der Waals surface area (Å²) >= 11 is 0. The van der Waals surface area contributed by atoms with Crippen molar-refractivity contribution in [1.82, 2.24) is 24.8 Å². The first-order chi connectivity index (χ1) is 17.1. The Labute approximate surface area is 202 Å². The van der Waals surface area contributed by atoms with Gasteiger partial charge in [-0.1, -0.05) is 18.2 Å². The van der Waals surface area contributed by atoms with Crippen molar-refractivity contribution >= 4 is 5.91 Å². The van der Waals surface area contributed by atoms with Gasteiger partial charge in [0.15, 0.2) is 0 Å². The van der Waals surface area contributed by atoms with Gasteiger partial charge in [-0.15, -0.1) is 0 Å². The maximum atomic E-state index is 13.3. The number of carbonyl (C=O) groups excluding carboxylic acids is 1. The predicted octanol–water partition coefficient (Wildman–Crippen LogP) is 4.03. The number of fused-ring (bicyclic) bond motifs is 1. The zero-order chi connectivity index (χ0) is 24.2. The summed E-state index contributed by atoms with van der Waals surface area (Å²) in [5, 5.41) is 3.10. The molecule has 3 aromatic heterocycles. The summed E-state index contributed by atoms with van der Waals surface area (Å²) in [6.45, 7) is 0.578. The molecule has 1 atom stereocenters. The molecule has 35 heavy (non-hydrogen) atoms. The van der Waals surface area contributed by atoms with Gasteiger partial charge in [0.25, 0.3) is 11.5 Å². The van der Waals surface area contributed by atoms with Gasteiger partial charge < -0.3 is 10.1 Å². The lowest BCUT2D eigenvalue weighted by molar-refractivity contribution is 0.0932. The van der Waals surface area contributed by atoms with Gasteiger partial charge in [-0.3, -0.25) is 24.1 Å².